The van der Waals surface area contributed by atoms with Gasteiger partial charge in [-0.1, -0.05) is 49.7 Å². The number of fused-ring (bicyclic) bond motifs is 1. The average molecular weight is 289 g/mol. The maximum Gasteiger partial charge on any atom is 0.173 e. The third kappa shape index (κ3) is 2.23. The van der Waals surface area contributed by atoms with E-state index in [4.69, 9.17) is 5.26 Å². The number of aryl methyl sites for hydroxylation is 1. The van der Waals surface area contributed by atoms with Crippen LogP contribution in [-0.2, 0) is 11.8 Å². The van der Waals surface area contributed by atoms with Crippen molar-refractivity contribution in [3.05, 3.63) is 70.8 Å². The molecule has 2 aromatic carbocycles. The molecule has 0 heterocycles. The van der Waals surface area contributed by atoms with E-state index in [1.54, 1.807) is 0 Å². The Morgan fingerprint density at radius 2 is 1.86 bits per heavy atom. The molecule has 0 amide bonds. The molecule has 0 saturated heterocycles. The van der Waals surface area contributed by atoms with Crippen LogP contribution in [0.4, 0.5) is 0 Å². The summed E-state index contributed by atoms with van der Waals surface area (Å²) in [5.74, 6) is 0.237. The van der Waals surface area contributed by atoms with E-state index in [1.165, 1.54) is 0 Å². The molecule has 0 spiro atoms. The SMILES string of the molecule is CCCC1(c2ccc(C#N)cc2)CCc2ccccc2C1=O. The van der Waals surface area contributed by atoms with E-state index in [-0.39, 0.29) is 5.78 Å². The maximum absolute atomic E-state index is 13.2. The second-order valence-electron chi connectivity index (χ2n) is 6.01. The Bertz CT molecular complexity index is 739. The summed E-state index contributed by atoms with van der Waals surface area (Å²) in [6, 6.07) is 17.6. The van der Waals surface area contributed by atoms with Gasteiger partial charge in [-0.3, -0.25) is 4.79 Å². The summed E-state index contributed by atoms with van der Waals surface area (Å²) in [5, 5.41) is 8.97. The van der Waals surface area contributed by atoms with Gasteiger partial charge in [-0.25, -0.2) is 0 Å². The largest absolute Gasteiger partial charge is 0.293 e. The Hall–Kier alpha value is -2.40. The summed E-state index contributed by atoms with van der Waals surface area (Å²) >= 11 is 0. The number of Topliss-reactive ketones (excluding diaryl/α,β-unsaturated/α-hetero) is 1. The zero-order chi connectivity index (χ0) is 15.6. The van der Waals surface area contributed by atoms with Crippen LogP contribution in [0.5, 0.6) is 0 Å². The van der Waals surface area contributed by atoms with E-state index in [0.29, 0.717) is 5.56 Å². The number of nitrogens with zero attached hydrogens (tertiary/aromatic N) is 1. The number of nitriles is 1. The van der Waals surface area contributed by atoms with Crippen molar-refractivity contribution in [3.8, 4) is 6.07 Å². The van der Waals surface area contributed by atoms with E-state index < -0.39 is 5.41 Å². The van der Waals surface area contributed by atoms with Crippen LogP contribution >= 0.6 is 0 Å². The van der Waals surface area contributed by atoms with Crippen LogP contribution in [0, 0.1) is 11.3 Å². The molecule has 1 aliphatic carbocycles. The van der Waals surface area contributed by atoms with Crippen LogP contribution in [-0.4, -0.2) is 5.78 Å². The van der Waals surface area contributed by atoms with Crippen molar-refractivity contribution in [2.75, 3.05) is 0 Å². The quantitative estimate of drug-likeness (QED) is 0.839. The molecular formula is C20H19NO. The van der Waals surface area contributed by atoms with Gasteiger partial charge < -0.3 is 0 Å². The number of hydrogen-bond donors (Lipinski definition) is 0. The van der Waals surface area contributed by atoms with Gasteiger partial charge in [0.2, 0.25) is 0 Å². The zero-order valence-corrected chi connectivity index (χ0v) is 12.8. The molecule has 0 saturated carbocycles. The second kappa shape index (κ2) is 5.77. The predicted octanol–water partition coefficient (Wildman–Crippen LogP) is 4.43. The molecule has 1 aliphatic rings. The number of carbonyl (C=O) groups excluding carboxylic acids is 1. The van der Waals surface area contributed by atoms with Crippen LogP contribution in [0.3, 0.4) is 0 Å². The number of rotatable bonds is 3. The van der Waals surface area contributed by atoms with Crippen molar-refractivity contribution in [2.45, 2.75) is 38.0 Å². The van der Waals surface area contributed by atoms with E-state index in [1.807, 2.05) is 42.5 Å². The molecule has 2 nitrogen and oxygen atoms in total. The molecule has 0 radical (unpaired) electrons. The van der Waals surface area contributed by atoms with Crippen molar-refractivity contribution in [3.63, 3.8) is 0 Å². The highest BCUT2D eigenvalue weighted by molar-refractivity contribution is 6.06. The minimum atomic E-state index is -0.433. The Labute approximate surface area is 131 Å². The molecule has 0 fully saturated rings. The van der Waals surface area contributed by atoms with Crippen molar-refractivity contribution < 1.29 is 4.79 Å². The molecular weight excluding hydrogens is 270 g/mol. The van der Waals surface area contributed by atoms with Crippen LogP contribution in [0.1, 0.15) is 53.2 Å². The normalized spacial score (nSPS) is 20.3. The fourth-order valence-corrected chi connectivity index (χ4v) is 3.63. The molecule has 1 atom stereocenters. The van der Waals surface area contributed by atoms with Crippen LogP contribution in [0.25, 0.3) is 0 Å². The first-order valence-electron chi connectivity index (χ1n) is 7.84. The van der Waals surface area contributed by atoms with Crippen molar-refractivity contribution in [2.24, 2.45) is 0 Å². The van der Waals surface area contributed by atoms with Crippen molar-refractivity contribution in [1.82, 2.24) is 0 Å². The monoisotopic (exact) mass is 289 g/mol. The number of benzene rings is 2. The van der Waals surface area contributed by atoms with Gasteiger partial charge in [-0.05, 0) is 42.5 Å². The van der Waals surface area contributed by atoms with Crippen molar-refractivity contribution in [1.29, 1.82) is 5.26 Å². The summed E-state index contributed by atoms with van der Waals surface area (Å²) in [6.45, 7) is 2.12. The Morgan fingerprint density at radius 1 is 1.14 bits per heavy atom. The topological polar surface area (TPSA) is 40.9 Å². The first-order valence-corrected chi connectivity index (χ1v) is 7.84. The van der Waals surface area contributed by atoms with Crippen LogP contribution in [0.15, 0.2) is 48.5 Å². The van der Waals surface area contributed by atoms with Gasteiger partial charge >= 0.3 is 0 Å². The summed E-state index contributed by atoms with van der Waals surface area (Å²) < 4.78 is 0. The maximum atomic E-state index is 13.2. The Kier molecular flexibility index (Phi) is 3.81. The molecule has 3 rings (SSSR count). The lowest BCUT2D eigenvalue weighted by atomic mass is 9.64. The van der Waals surface area contributed by atoms with Gasteiger partial charge in [0.05, 0.1) is 17.0 Å². The smallest absolute Gasteiger partial charge is 0.173 e. The molecule has 0 aromatic heterocycles. The minimum Gasteiger partial charge on any atom is -0.293 e. The van der Waals surface area contributed by atoms with Gasteiger partial charge in [0.25, 0.3) is 0 Å². The van der Waals surface area contributed by atoms with Crippen LogP contribution < -0.4 is 0 Å². The highest BCUT2D eigenvalue weighted by atomic mass is 16.1. The highest BCUT2D eigenvalue weighted by Crippen LogP contribution is 2.42. The Morgan fingerprint density at radius 3 is 2.55 bits per heavy atom. The lowest BCUT2D eigenvalue weighted by Gasteiger charge is -2.37. The van der Waals surface area contributed by atoms with E-state index in [9.17, 15) is 4.79 Å². The van der Waals surface area contributed by atoms with Gasteiger partial charge in [-0.15, -0.1) is 0 Å². The Balaban J connectivity index is 2.10. The summed E-state index contributed by atoms with van der Waals surface area (Å²) in [6.07, 6.45) is 3.60. The molecule has 0 aliphatic heterocycles. The molecule has 22 heavy (non-hydrogen) atoms. The molecule has 2 heteroatoms. The summed E-state index contributed by atoms with van der Waals surface area (Å²) in [5.41, 5.74) is 3.28. The summed E-state index contributed by atoms with van der Waals surface area (Å²) in [4.78, 5) is 13.2. The lowest BCUT2D eigenvalue weighted by molar-refractivity contribution is 0.0848. The fourth-order valence-electron chi connectivity index (χ4n) is 3.63. The first-order chi connectivity index (χ1) is 10.7. The van der Waals surface area contributed by atoms with Gasteiger partial charge in [0, 0.05) is 5.56 Å². The third-order valence-electron chi connectivity index (χ3n) is 4.76. The molecule has 2 aromatic rings. The number of ketones is 1. The number of carbonyl (C=O) groups is 1. The van der Waals surface area contributed by atoms with Gasteiger partial charge in [-0.2, -0.15) is 5.26 Å². The molecule has 1 unspecified atom stereocenters. The minimum absolute atomic E-state index is 0.237. The van der Waals surface area contributed by atoms with Gasteiger partial charge in [0.15, 0.2) is 5.78 Å². The van der Waals surface area contributed by atoms with Crippen molar-refractivity contribution >= 4 is 5.78 Å². The van der Waals surface area contributed by atoms with Gasteiger partial charge in [0.1, 0.15) is 0 Å². The predicted molar refractivity (Wildman–Crippen MR) is 86.8 cm³/mol. The molecule has 0 N–H and O–H groups in total. The van der Waals surface area contributed by atoms with E-state index >= 15 is 0 Å². The molecule has 110 valence electrons. The highest BCUT2D eigenvalue weighted by Gasteiger charge is 2.42. The zero-order valence-electron chi connectivity index (χ0n) is 12.8. The van der Waals surface area contributed by atoms with E-state index in [2.05, 4.69) is 19.1 Å². The third-order valence-corrected chi connectivity index (χ3v) is 4.76. The fraction of sp³-hybridized carbons (Fsp3) is 0.300. The van der Waals surface area contributed by atoms with E-state index in [0.717, 1.165) is 42.4 Å². The number of hydrogen-bond acceptors (Lipinski definition) is 2. The average Bonchev–Trinajstić information content (AvgIpc) is 2.58. The standard InChI is InChI=1S/C20H19NO/c1-2-12-20(17-9-7-15(14-21)8-10-17)13-11-16-5-3-4-6-18(16)19(20)22/h3-10H,2,11-13H2,1H3. The molecule has 0 bridgehead atoms. The van der Waals surface area contributed by atoms with Crippen LogP contribution in [0.2, 0.25) is 0 Å². The second-order valence-corrected chi connectivity index (χ2v) is 6.01. The first kappa shape index (κ1) is 14.5. The lowest BCUT2D eigenvalue weighted by Crippen LogP contribution is -2.40. The summed E-state index contributed by atoms with van der Waals surface area (Å²) in [7, 11) is 0.